The first-order valence-corrected chi connectivity index (χ1v) is 10.5. The summed E-state index contributed by atoms with van der Waals surface area (Å²) >= 11 is 1.37. The number of ketones is 1. The summed E-state index contributed by atoms with van der Waals surface area (Å²) in [4.78, 5) is 13.0. The molecule has 4 aromatic rings. The van der Waals surface area contributed by atoms with Crippen LogP contribution in [0.15, 0.2) is 65.8 Å². The van der Waals surface area contributed by atoms with Crippen molar-refractivity contribution in [1.82, 2.24) is 19.3 Å². The summed E-state index contributed by atoms with van der Waals surface area (Å²) in [7, 11) is 0. The van der Waals surface area contributed by atoms with Crippen LogP contribution < -0.4 is 0 Å². The molecule has 0 bridgehead atoms. The van der Waals surface area contributed by atoms with Gasteiger partial charge in [-0.3, -0.25) is 9.36 Å². The highest BCUT2D eigenvalue weighted by atomic mass is 32.2. The van der Waals surface area contributed by atoms with Crippen LogP contribution in [0.5, 0.6) is 0 Å². The monoisotopic (exact) mass is 420 g/mol. The van der Waals surface area contributed by atoms with Crippen LogP contribution in [0.25, 0.3) is 11.4 Å². The average Bonchev–Trinajstić information content (AvgIpc) is 3.26. The normalized spacial score (nSPS) is 11.1. The number of carbonyl (C=O) groups excluding carboxylic acids is 1. The third-order valence-electron chi connectivity index (χ3n) is 4.96. The molecule has 2 heterocycles. The molecule has 0 fully saturated rings. The highest BCUT2D eigenvalue weighted by Crippen LogP contribution is 2.26. The maximum Gasteiger partial charge on any atom is 0.196 e. The van der Waals surface area contributed by atoms with Gasteiger partial charge in [-0.15, -0.1) is 10.2 Å². The van der Waals surface area contributed by atoms with E-state index in [-0.39, 0.29) is 17.4 Å². The minimum absolute atomic E-state index is 0.0155. The van der Waals surface area contributed by atoms with Gasteiger partial charge in [0, 0.05) is 28.3 Å². The second-order valence-corrected chi connectivity index (χ2v) is 7.95. The lowest BCUT2D eigenvalue weighted by atomic mass is 10.2. The summed E-state index contributed by atoms with van der Waals surface area (Å²) in [5.74, 6) is 0.748. The van der Waals surface area contributed by atoms with E-state index in [9.17, 15) is 9.18 Å². The third kappa shape index (κ3) is 3.80. The Bertz CT molecular complexity index is 1200. The minimum atomic E-state index is -0.285. The lowest BCUT2D eigenvalue weighted by molar-refractivity contribution is 0.102. The van der Waals surface area contributed by atoms with E-state index in [0.29, 0.717) is 10.7 Å². The van der Waals surface area contributed by atoms with Crippen molar-refractivity contribution in [3.63, 3.8) is 0 Å². The molecule has 0 aliphatic rings. The average molecular weight is 421 g/mol. The molecule has 0 atom stereocenters. The van der Waals surface area contributed by atoms with E-state index < -0.39 is 0 Å². The number of benzene rings is 2. The number of aryl methyl sites for hydroxylation is 2. The summed E-state index contributed by atoms with van der Waals surface area (Å²) in [5, 5.41) is 9.09. The first-order chi connectivity index (χ1) is 14.5. The Morgan fingerprint density at radius 2 is 1.60 bits per heavy atom. The molecule has 152 valence electrons. The Kier molecular flexibility index (Phi) is 5.55. The maximum absolute atomic E-state index is 13.3. The SMILES string of the molecule is Cc1cc(C(=O)CSc2nnc(C)n2-c2ccccc2)c(C)n1-c1ccc(F)cc1. The van der Waals surface area contributed by atoms with Gasteiger partial charge >= 0.3 is 0 Å². The van der Waals surface area contributed by atoms with E-state index in [1.807, 2.05) is 66.3 Å². The fourth-order valence-electron chi connectivity index (χ4n) is 3.55. The van der Waals surface area contributed by atoms with Crippen LogP contribution in [-0.4, -0.2) is 30.9 Å². The number of nitrogens with zero attached hydrogens (tertiary/aromatic N) is 4. The minimum Gasteiger partial charge on any atom is -0.318 e. The Morgan fingerprint density at radius 3 is 2.30 bits per heavy atom. The predicted octanol–water partition coefficient (Wildman–Crippen LogP) is 5.10. The van der Waals surface area contributed by atoms with Crippen LogP contribution >= 0.6 is 11.8 Å². The molecule has 0 N–H and O–H groups in total. The molecule has 0 saturated heterocycles. The van der Waals surface area contributed by atoms with E-state index in [4.69, 9.17) is 0 Å². The molecule has 7 heteroatoms. The van der Waals surface area contributed by atoms with Crippen LogP contribution in [0.2, 0.25) is 0 Å². The van der Waals surface area contributed by atoms with Crippen LogP contribution in [0.4, 0.5) is 4.39 Å². The van der Waals surface area contributed by atoms with E-state index >= 15 is 0 Å². The molecule has 0 saturated carbocycles. The number of Topliss-reactive ketones (excluding diaryl/α,β-unsaturated/α-hetero) is 1. The molecule has 0 amide bonds. The molecule has 0 aliphatic carbocycles. The molecule has 5 nitrogen and oxygen atoms in total. The van der Waals surface area contributed by atoms with Crippen LogP contribution in [0, 0.1) is 26.6 Å². The van der Waals surface area contributed by atoms with Gasteiger partial charge in [0.2, 0.25) is 0 Å². The molecule has 2 aromatic heterocycles. The molecule has 0 aliphatic heterocycles. The van der Waals surface area contributed by atoms with Gasteiger partial charge in [0.15, 0.2) is 10.9 Å². The summed E-state index contributed by atoms with van der Waals surface area (Å²) in [6.45, 7) is 5.74. The topological polar surface area (TPSA) is 52.7 Å². The van der Waals surface area contributed by atoms with Crippen molar-refractivity contribution in [2.45, 2.75) is 25.9 Å². The fraction of sp³-hybridized carbons (Fsp3) is 0.174. The van der Waals surface area contributed by atoms with Gasteiger partial charge in [0.25, 0.3) is 0 Å². The van der Waals surface area contributed by atoms with Crippen molar-refractivity contribution in [2.24, 2.45) is 0 Å². The predicted molar refractivity (Wildman–Crippen MR) is 116 cm³/mol. The number of rotatable bonds is 6. The quantitative estimate of drug-likeness (QED) is 0.322. The Labute approximate surface area is 178 Å². The molecule has 30 heavy (non-hydrogen) atoms. The number of aromatic nitrogens is 4. The molecule has 2 aromatic carbocycles. The van der Waals surface area contributed by atoms with E-state index in [1.54, 1.807) is 12.1 Å². The Hall–Kier alpha value is -3.19. The van der Waals surface area contributed by atoms with Crippen molar-refractivity contribution in [3.05, 3.63) is 89.3 Å². The second kappa shape index (κ2) is 8.28. The molecule has 4 rings (SSSR count). The summed E-state index contributed by atoms with van der Waals surface area (Å²) in [6, 6.07) is 18.0. The van der Waals surface area contributed by atoms with Gasteiger partial charge in [0.05, 0.1) is 5.75 Å². The second-order valence-electron chi connectivity index (χ2n) is 7.01. The molecular formula is C23H21FN4OS. The Morgan fingerprint density at radius 1 is 0.933 bits per heavy atom. The first kappa shape index (κ1) is 20.1. The van der Waals surface area contributed by atoms with Gasteiger partial charge in [-0.25, -0.2) is 4.39 Å². The van der Waals surface area contributed by atoms with Crippen molar-refractivity contribution >= 4 is 17.5 Å². The van der Waals surface area contributed by atoms with Crippen molar-refractivity contribution in [1.29, 1.82) is 0 Å². The lowest BCUT2D eigenvalue weighted by Gasteiger charge is -2.10. The van der Waals surface area contributed by atoms with Crippen LogP contribution in [-0.2, 0) is 0 Å². The number of carbonyl (C=O) groups is 1. The van der Waals surface area contributed by atoms with Crippen LogP contribution in [0.3, 0.4) is 0 Å². The summed E-state index contributed by atoms with van der Waals surface area (Å²) < 4.78 is 17.2. The zero-order valence-electron chi connectivity index (χ0n) is 17.0. The number of hydrogen-bond acceptors (Lipinski definition) is 4. The van der Waals surface area contributed by atoms with E-state index in [2.05, 4.69) is 10.2 Å². The number of para-hydroxylation sites is 1. The van der Waals surface area contributed by atoms with Crippen molar-refractivity contribution in [3.8, 4) is 11.4 Å². The molecule has 0 unspecified atom stereocenters. The Balaban J connectivity index is 1.57. The highest BCUT2D eigenvalue weighted by molar-refractivity contribution is 7.99. The molecule has 0 radical (unpaired) electrons. The first-order valence-electron chi connectivity index (χ1n) is 9.54. The molecular weight excluding hydrogens is 399 g/mol. The van der Waals surface area contributed by atoms with Crippen molar-refractivity contribution < 1.29 is 9.18 Å². The van der Waals surface area contributed by atoms with Gasteiger partial charge in [-0.1, -0.05) is 30.0 Å². The summed E-state index contributed by atoms with van der Waals surface area (Å²) in [6.07, 6.45) is 0. The van der Waals surface area contributed by atoms with Crippen LogP contribution in [0.1, 0.15) is 27.6 Å². The van der Waals surface area contributed by atoms with E-state index in [1.165, 1.54) is 23.9 Å². The fourth-order valence-corrected chi connectivity index (χ4v) is 4.43. The van der Waals surface area contributed by atoms with Gasteiger partial charge < -0.3 is 4.57 Å². The van der Waals surface area contributed by atoms with E-state index in [0.717, 1.165) is 28.6 Å². The maximum atomic E-state index is 13.3. The highest BCUT2D eigenvalue weighted by Gasteiger charge is 2.19. The van der Waals surface area contributed by atoms with Crippen molar-refractivity contribution in [2.75, 3.05) is 5.75 Å². The molecule has 0 spiro atoms. The van der Waals surface area contributed by atoms with Gasteiger partial charge in [-0.05, 0) is 63.2 Å². The zero-order valence-corrected chi connectivity index (χ0v) is 17.8. The standard InChI is InChI=1S/C23H21FN4OS/c1-15-13-21(16(2)27(15)20-11-9-18(24)10-12-20)22(29)14-30-23-26-25-17(3)28(23)19-7-5-4-6-8-19/h4-13H,14H2,1-3H3. The third-order valence-corrected chi connectivity index (χ3v) is 5.89. The van der Waals surface area contributed by atoms with Gasteiger partial charge in [0.1, 0.15) is 11.6 Å². The zero-order chi connectivity index (χ0) is 21.3. The number of hydrogen-bond donors (Lipinski definition) is 0. The largest absolute Gasteiger partial charge is 0.318 e. The van der Waals surface area contributed by atoms with Gasteiger partial charge in [-0.2, -0.15) is 0 Å². The number of halogens is 1. The lowest BCUT2D eigenvalue weighted by Crippen LogP contribution is -2.07. The summed E-state index contributed by atoms with van der Waals surface area (Å²) in [5.41, 5.74) is 4.22. The smallest absolute Gasteiger partial charge is 0.196 e. The number of thioether (sulfide) groups is 1.